The van der Waals surface area contributed by atoms with Gasteiger partial charge in [0.1, 0.15) is 5.82 Å². The van der Waals surface area contributed by atoms with Crippen molar-refractivity contribution in [2.45, 2.75) is 58.2 Å². The molecule has 1 aromatic heterocycles. The van der Waals surface area contributed by atoms with Crippen LogP contribution in [0.4, 0.5) is 17.6 Å². The largest absolute Gasteiger partial charge is 0.390 e. The molecule has 0 unspecified atom stereocenters. The van der Waals surface area contributed by atoms with E-state index in [9.17, 15) is 22.4 Å². The molecule has 0 radical (unpaired) electrons. The maximum atomic E-state index is 13.8. The van der Waals surface area contributed by atoms with Crippen molar-refractivity contribution < 1.29 is 22.4 Å². The lowest BCUT2D eigenvalue weighted by Gasteiger charge is -2.33. The third-order valence-corrected chi connectivity index (χ3v) is 6.91. The zero-order valence-electron chi connectivity index (χ0n) is 18.4. The number of likely N-dealkylation sites (tertiary alicyclic amines) is 1. The Bertz CT molecular complexity index is 993. The van der Waals surface area contributed by atoms with E-state index < -0.39 is 12.6 Å². The van der Waals surface area contributed by atoms with E-state index in [-0.39, 0.29) is 24.2 Å². The second-order valence-corrected chi connectivity index (χ2v) is 8.87. The van der Waals surface area contributed by atoms with Gasteiger partial charge in [-0.1, -0.05) is 6.07 Å². The maximum Gasteiger partial charge on any atom is 0.390 e. The van der Waals surface area contributed by atoms with Gasteiger partial charge in [0.15, 0.2) is 5.69 Å². The van der Waals surface area contributed by atoms with E-state index in [0.29, 0.717) is 43.9 Å². The first-order chi connectivity index (χ1) is 15.1. The van der Waals surface area contributed by atoms with Crippen molar-refractivity contribution in [2.24, 2.45) is 0 Å². The minimum atomic E-state index is -4.17. The molecule has 0 bridgehead atoms. The van der Waals surface area contributed by atoms with Gasteiger partial charge >= 0.3 is 6.18 Å². The SMILES string of the molecule is Cc1c(F)ccc(C2CCN(C(=O)c3n[nH]c4c3CCN(CCC(F)(F)F)C4)CC2)c1C. The van der Waals surface area contributed by atoms with Gasteiger partial charge in [-0.05, 0) is 61.8 Å². The molecule has 0 aliphatic carbocycles. The van der Waals surface area contributed by atoms with Crippen LogP contribution in [-0.2, 0) is 13.0 Å². The van der Waals surface area contributed by atoms with Gasteiger partial charge in [0.05, 0.1) is 12.1 Å². The molecule has 1 fully saturated rings. The summed E-state index contributed by atoms with van der Waals surface area (Å²) in [6, 6.07) is 3.37. The van der Waals surface area contributed by atoms with Crippen molar-refractivity contribution in [2.75, 3.05) is 26.2 Å². The third-order valence-electron chi connectivity index (χ3n) is 6.91. The molecule has 174 valence electrons. The van der Waals surface area contributed by atoms with Crippen LogP contribution < -0.4 is 0 Å². The van der Waals surface area contributed by atoms with Gasteiger partial charge in [0.2, 0.25) is 0 Å². The second-order valence-electron chi connectivity index (χ2n) is 8.87. The van der Waals surface area contributed by atoms with Gasteiger partial charge in [-0.25, -0.2) is 4.39 Å². The number of fused-ring (bicyclic) bond motifs is 1. The number of hydrogen-bond donors (Lipinski definition) is 1. The van der Waals surface area contributed by atoms with Crippen LogP contribution in [0.25, 0.3) is 0 Å². The van der Waals surface area contributed by atoms with Gasteiger partial charge in [0, 0.05) is 38.3 Å². The van der Waals surface area contributed by atoms with Crippen LogP contribution >= 0.6 is 0 Å². The summed E-state index contributed by atoms with van der Waals surface area (Å²) in [7, 11) is 0. The summed E-state index contributed by atoms with van der Waals surface area (Å²) in [5, 5.41) is 7.09. The average molecular weight is 452 g/mol. The Hall–Kier alpha value is -2.42. The number of nitrogens with one attached hydrogen (secondary N) is 1. The highest BCUT2D eigenvalue weighted by Gasteiger charge is 2.32. The van der Waals surface area contributed by atoms with Crippen molar-refractivity contribution in [3.05, 3.63) is 51.6 Å². The van der Waals surface area contributed by atoms with Crippen molar-refractivity contribution >= 4 is 5.91 Å². The fourth-order valence-electron chi connectivity index (χ4n) is 4.82. The summed E-state index contributed by atoms with van der Waals surface area (Å²) in [6.45, 7) is 5.70. The highest BCUT2D eigenvalue weighted by Crippen LogP contribution is 2.33. The first kappa shape index (κ1) is 22.8. The molecular weight excluding hydrogens is 424 g/mol. The van der Waals surface area contributed by atoms with E-state index in [2.05, 4.69) is 10.2 Å². The number of rotatable bonds is 4. The molecule has 9 heteroatoms. The highest BCUT2D eigenvalue weighted by molar-refractivity contribution is 5.94. The molecule has 4 rings (SSSR count). The van der Waals surface area contributed by atoms with Gasteiger partial charge in [-0.3, -0.25) is 14.8 Å². The van der Waals surface area contributed by atoms with E-state index in [4.69, 9.17) is 0 Å². The Morgan fingerprint density at radius 2 is 1.88 bits per heavy atom. The van der Waals surface area contributed by atoms with Gasteiger partial charge in [-0.15, -0.1) is 0 Å². The molecule has 1 N–H and O–H groups in total. The summed E-state index contributed by atoms with van der Waals surface area (Å²) in [4.78, 5) is 16.6. The number of hydrogen-bond acceptors (Lipinski definition) is 3. The van der Waals surface area contributed by atoms with Crippen molar-refractivity contribution in [3.63, 3.8) is 0 Å². The molecule has 1 amide bonds. The van der Waals surface area contributed by atoms with E-state index in [1.165, 1.54) is 6.07 Å². The zero-order valence-corrected chi connectivity index (χ0v) is 18.4. The summed E-state index contributed by atoms with van der Waals surface area (Å²) in [5.74, 6) is -0.0375. The predicted octanol–water partition coefficient (Wildman–Crippen LogP) is 4.50. The summed E-state index contributed by atoms with van der Waals surface area (Å²) in [6.07, 6.45) is -2.91. The number of carbonyl (C=O) groups excluding carboxylic acids is 1. The Labute approximate surface area is 184 Å². The number of benzene rings is 1. The highest BCUT2D eigenvalue weighted by atomic mass is 19.4. The van der Waals surface area contributed by atoms with Crippen molar-refractivity contribution in [3.8, 4) is 0 Å². The standard InChI is InChI=1S/C23H28F4N4O/c1-14-15(2)19(24)4-3-17(14)16-5-10-31(11-6-16)22(32)21-18-7-9-30(12-8-23(25,26)27)13-20(18)28-29-21/h3-4,16H,5-13H2,1-2H3,(H,28,29). The minimum absolute atomic E-state index is 0.0545. The lowest BCUT2D eigenvalue weighted by atomic mass is 9.85. The first-order valence-electron chi connectivity index (χ1n) is 11.0. The van der Waals surface area contributed by atoms with E-state index >= 15 is 0 Å². The second kappa shape index (κ2) is 8.84. The Kier molecular flexibility index (Phi) is 6.29. The van der Waals surface area contributed by atoms with Crippen LogP contribution in [0.3, 0.4) is 0 Å². The molecule has 2 aromatic rings. The molecule has 0 spiro atoms. The normalized spacial score (nSPS) is 18.1. The lowest BCUT2D eigenvalue weighted by molar-refractivity contribution is -0.138. The summed E-state index contributed by atoms with van der Waals surface area (Å²) >= 11 is 0. The molecule has 1 saturated heterocycles. The van der Waals surface area contributed by atoms with Gasteiger partial charge < -0.3 is 4.90 Å². The molecule has 2 aliphatic rings. The van der Waals surface area contributed by atoms with Crippen molar-refractivity contribution in [1.29, 1.82) is 0 Å². The number of carbonyl (C=O) groups is 1. The number of aromatic nitrogens is 2. The van der Waals surface area contributed by atoms with E-state index in [1.807, 2.05) is 13.0 Å². The smallest absolute Gasteiger partial charge is 0.337 e. The molecule has 1 aromatic carbocycles. The fourth-order valence-corrected chi connectivity index (χ4v) is 4.82. The molecule has 3 heterocycles. The summed E-state index contributed by atoms with van der Waals surface area (Å²) in [5.41, 5.74) is 4.74. The monoisotopic (exact) mass is 452 g/mol. The van der Waals surface area contributed by atoms with E-state index in [1.54, 1.807) is 16.7 Å². The van der Waals surface area contributed by atoms with Crippen LogP contribution in [0, 0.1) is 19.7 Å². The zero-order chi connectivity index (χ0) is 23.0. The minimum Gasteiger partial charge on any atom is -0.337 e. The van der Waals surface area contributed by atoms with Crippen molar-refractivity contribution in [1.82, 2.24) is 20.0 Å². The maximum absolute atomic E-state index is 13.8. The Balaban J connectivity index is 1.38. The van der Waals surface area contributed by atoms with Gasteiger partial charge in [0.25, 0.3) is 5.91 Å². The predicted molar refractivity (Wildman–Crippen MR) is 112 cm³/mol. The average Bonchev–Trinajstić information content (AvgIpc) is 3.19. The number of amides is 1. The van der Waals surface area contributed by atoms with Crippen LogP contribution in [0.2, 0.25) is 0 Å². The van der Waals surface area contributed by atoms with Crippen LogP contribution in [-0.4, -0.2) is 58.3 Å². The topological polar surface area (TPSA) is 52.2 Å². The lowest BCUT2D eigenvalue weighted by Crippen LogP contribution is -2.39. The molecule has 2 aliphatic heterocycles. The fraction of sp³-hybridized carbons (Fsp3) is 0.565. The number of alkyl halides is 3. The first-order valence-corrected chi connectivity index (χ1v) is 11.0. The number of H-pyrrole nitrogens is 1. The number of piperidine rings is 1. The molecule has 0 saturated carbocycles. The Morgan fingerprint density at radius 3 is 2.56 bits per heavy atom. The Morgan fingerprint density at radius 1 is 1.16 bits per heavy atom. The molecular formula is C23H28F4N4O. The molecule has 32 heavy (non-hydrogen) atoms. The van der Waals surface area contributed by atoms with Crippen LogP contribution in [0.5, 0.6) is 0 Å². The van der Waals surface area contributed by atoms with E-state index in [0.717, 1.165) is 35.2 Å². The van der Waals surface area contributed by atoms with Gasteiger partial charge in [-0.2, -0.15) is 18.3 Å². The third kappa shape index (κ3) is 4.67. The van der Waals surface area contributed by atoms with Crippen LogP contribution in [0.1, 0.15) is 63.6 Å². The number of aromatic amines is 1. The quantitative estimate of drug-likeness (QED) is 0.696. The number of nitrogens with zero attached hydrogens (tertiary/aromatic N) is 3. The number of halogens is 4. The van der Waals surface area contributed by atoms with Crippen LogP contribution in [0.15, 0.2) is 12.1 Å². The molecule has 0 atom stereocenters. The molecule has 5 nitrogen and oxygen atoms in total. The summed E-state index contributed by atoms with van der Waals surface area (Å²) < 4.78 is 51.3.